The van der Waals surface area contributed by atoms with Crippen LogP contribution in [0.2, 0.25) is 0 Å². The molecule has 10 rings (SSSR count). The van der Waals surface area contributed by atoms with Gasteiger partial charge in [-0.05, 0) is 132 Å². The Morgan fingerprint density at radius 2 is 0.953 bits per heavy atom. The van der Waals surface area contributed by atoms with Gasteiger partial charge in [0.15, 0.2) is 23.0 Å². The second-order valence-electron chi connectivity index (χ2n) is 23.9. The van der Waals surface area contributed by atoms with Crippen LogP contribution in [-0.4, -0.2) is 162 Å². The highest BCUT2D eigenvalue weighted by atomic mass is 16.6. The van der Waals surface area contributed by atoms with Crippen molar-refractivity contribution in [1.82, 2.24) is 28.7 Å². The maximum atomic E-state index is 13.4. The molecule has 6 aromatic rings. The quantitative estimate of drug-likeness (QED) is 0.0709. The first-order valence-electron chi connectivity index (χ1n) is 29.5. The number of aromatic nitrogens is 2. The van der Waals surface area contributed by atoms with E-state index in [1.54, 1.807) is 52.6 Å². The number of aliphatic hydroxyl groups is 1. The van der Waals surface area contributed by atoms with Crippen molar-refractivity contribution in [3.05, 3.63) is 128 Å². The third-order valence-electron chi connectivity index (χ3n) is 15.7. The number of pyridine rings is 2. The van der Waals surface area contributed by atoms with Gasteiger partial charge in [-0.1, -0.05) is 12.1 Å². The number of ether oxygens (including phenoxy) is 9. The van der Waals surface area contributed by atoms with E-state index in [1.807, 2.05) is 93.8 Å². The number of amides is 2. The van der Waals surface area contributed by atoms with Crippen LogP contribution in [0.15, 0.2) is 94.5 Å². The summed E-state index contributed by atoms with van der Waals surface area (Å²) in [5.41, 5.74) is 2.85. The number of benzene rings is 4. The van der Waals surface area contributed by atoms with Crippen LogP contribution in [-0.2, 0) is 47.0 Å². The molecule has 0 aliphatic carbocycles. The third-order valence-corrected chi connectivity index (χ3v) is 15.7. The predicted molar refractivity (Wildman–Crippen MR) is 324 cm³/mol. The summed E-state index contributed by atoms with van der Waals surface area (Å²) in [5.74, 6) is 3.40. The van der Waals surface area contributed by atoms with E-state index in [0.717, 1.165) is 85.2 Å². The van der Waals surface area contributed by atoms with Crippen molar-refractivity contribution in [3.63, 3.8) is 0 Å². The fourth-order valence-electron chi connectivity index (χ4n) is 11.4. The Morgan fingerprint density at radius 3 is 1.37 bits per heavy atom. The zero-order valence-corrected chi connectivity index (χ0v) is 51.0. The second kappa shape index (κ2) is 27.6. The number of fused-ring (bicyclic) bond motifs is 4. The molecule has 1 N–H and O–H groups in total. The van der Waals surface area contributed by atoms with E-state index < -0.39 is 17.2 Å². The smallest absolute Gasteiger partial charge is 0.410 e. The molecule has 4 aliphatic rings. The van der Waals surface area contributed by atoms with Crippen molar-refractivity contribution in [3.8, 4) is 34.5 Å². The maximum absolute atomic E-state index is 13.4. The van der Waals surface area contributed by atoms with Gasteiger partial charge in [0.25, 0.3) is 11.1 Å². The molecule has 6 heterocycles. The fourth-order valence-corrected chi connectivity index (χ4v) is 11.4. The lowest BCUT2D eigenvalue weighted by Crippen LogP contribution is -2.49. The van der Waals surface area contributed by atoms with Crippen LogP contribution >= 0.6 is 0 Å². The molecule has 4 aromatic carbocycles. The van der Waals surface area contributed by atoms with E-state index in [-0.39, 0.29) is 42.0 Å². The number of hydrogen-bond acceptors (Lipinski definition) is 17. The van der Waals surface area contributed by atoms with Crippen LogP contribution in [0.25, 0.3) is 21.8 Å². The first-order valence-corrected chi connectivity index (χ1v) is 29.5. The Kier molecular flexibility index (Phi) is 20.0. The second-order valence-corrected chi connectivity index (χ2v) is 23.9. The number of aliphatic hydroxyl groups excluding tert-OH is 1. The van der Waals surface area contributed by atoms with Gasteiger partial charge in [0.1, 0.15) is 49.1 Å². The Hall–Kier alpha value is -8.01. The summed E-state index contributed by atoms with van der Waals surface area (Å²) in [7, 11) is 4.42. The van der Waals surface area contributed by atoms with Gasteiger partial charge in [-0.25, -0.2) is 14.4 Å². The number of likely N-dealkylation sites (tertiary alicyclic amines) is 2. The Morgan fingerprint density at radius 1 is 0.535 bits per heavy atom. The van der Waals surface area contributed by atoms with Gasteiger partial charge in [-0.3, -0.25) is 9.59 Å². The number of hydrogen-bond donors (Lipinski definition) is 1. The summed E-state index contributed by atoms with van der Waals surface area (Å²) in [6.07, 6.45) is 2.42. The van der Waals surface area contributed by atoms with E-state index in [9.17, 15) is 29.1 Å². The average Bonchev–Trinajstić information content (AvgIpc) is 1.71. The minimum atomic E-state index is -0.620. The summed E-state index contributed by atoms with van der Waals surface area (Å²) in [6, 6.07) is 25.1. The topological polar surface area (TPSA) is 211 Å². The first-order chi connectivity index (χ1) is 41.2. The SMILES string of the molecule is COC(=O)c1cc(OC)cc2c1ccc(=O)n2CCN1CCC(N(Cc2ccc3c(c2)OCCO3)C(=O)OC(C)(C)C)CC1.COc1cc(CO)c2ccc(=O)n(CCN3CCC(N(Cc4ccc5c(c4)OCCO5)C(=O)OC(C)(C)C)CC3)c2c1. The number of rotatable bonds is 16. The van der Waals surface area contributed by atoms with E-state index >= 15 is 0 Å². The molecule has 21 heteroatoms. The molecule has 0 saturated carbocycles. The van der Waals surface area contributed by atoms with E-state index in [0.29, 0.717) is 111 Å². The minimum absolute atomic E-state index is 0.0125. The third kappa shape index (κ3) is 15.5. The molecule has 2 aromatic heterocycles. The van der Waals surface area contributed by atoms with Gasteiger partial charge in [0.2, 0.25) is 0 Å². The summed E-state index contributed by atoms with van der Waals surface area (Å²) >= 11 is 0. The highest BCUT2D eigenvalue weighted by Gasteiger charge is 2.34. The molecule has 2 saturated heterocycles. The molecule has 462 valence electrons. The van der Waals surface area contributed by atoms with Crippen LogP contribution in [0.3, 0.4) is 0 Å². The number of piperidine rings is 2. The van der Waals surface area contributed by atoms with Gasteiger partial charge in [-0.2, -0.15) is 0 Å². The number of methoxy groups -OCH3 is 3. The van der Waals surface area contributed by atoms with Crippen molar-refractivity contribution in [1.29, 1.82) is 0 Å². The molecule has 0 atom stereocenters. The van der Waals surface area contributed by atoms with Crippen molar-refractivity contribution >= 4 is 40.0 Å². The lowest BCUT2D eigenvalue weighted by Gasteiger charge is -2.39. The molecule has 4 aliphatic heterocycles. The molecular formula is C65H82N6O15. The van der Waals surface area contributed by atoms with E-state index in [4.69, 9.17) is 42.6 Å². The standard InChI is InChI=1S/C33H41N3O8.C32H41N3O7/c1-33(2,3)44-32(39)36(21-22-6-8-28-29(18-22)43-17-16-42-28)23-10-12-34(13-11-23)14-15-35-27-20-24(40-4)19-26(31(38)41-5)25(27)7-9-30(35)37;1-32(2,3)42-31(38)35(20-22-5-7-28-29(17-22)41-16-15-40-28)24-9-11-33(12-10-24)13-14-34-27-19-25(39-4)18-23(21-36)26(27)6-8-30(34)37/h6-9,18-20,23H,10-17,21H2,1-5H3;5-8,17-19,24,36H,9-16,20-21H2,1-4H3. The predicted octanol–water partition coefficient (Wildman–Crippen LogP) is 8.64. The summed E-state index contributed by atoms with van der Waals surface area (Å²) < 4.78 is 53.7. The average molecular weight is 1190 g/mol. The van der Waals surface area contributed by atoms with Gasteiger partial charge < -0.3 is 76.5 Å². The Bertz CT molecular complexity index is 3500. The number of carbonyl (C=O) groups excluding carboxylic acids is 3. The van der Waals surface area contributed by atoms with Crippen LogP contribution in [0.4, 0.5) is 9.59 Å². The minimum Gasteiger partial charge on any atom is -0.497 e. The van der Waals surface area contributed by atoms with E-state index in [2.05, 4.69) is 9.80 Å². The molecular weight excluding hydrogens is 1100 g/mol. The normalized spacial score (nSPS) is 15.7. The van der Waals surface area contributed by atoms with Crippen molar-refractivity contribution < 1.29 is 62.1 Å². The van der Waals surface area contributed by atoms with Gasteiger partial charge in [-0.15, -0.1) is 0 Å². The molecule has 0 bridgehead atoms. The molecule has 21 nitrogen and oxygen atoms in total. The largest absolute Gasteiger partial charge is 0.497 e. The number of nitrogens with zero attached hydrogens (tertiary/aromatic N) is 6. The molecule has 0 unspecified atom stereocenters. The molecule has 0 spiro atoms. The highest BCUT2D eigenvalue weighted by molar-refractivity contribution is 6.04. The zero-order chi connectivity index (χ0) is 61.3. The number of carbonyl (C=O) groups is 3. The summed E-state index contributed by atoms with van der Waals surface area (Å²) in [5, 5.41) is 11.3. The Labute approximate surface area is 501 Å². The van der Waals surface area contributed by atoms with Gasteiger partial charge in [0, 0.05) is 113 Å². The lowest BCUT2D eigenvalue weighted by molar-refractivity contribution is 0.00468. The van der Waals surface area contributed by atoms with Crippen LogP contribution in [0, 0.1) is 0 Å². The van der Waals surface area contributed by atoms with Crippen LogP contribution < -0.4 is 39.5 Å². The van der Waals surface area contributed by atoms with Crippen molar-refractivity contribution in [2.45, 2.75) is 123 Å². The number of esters is 1. The highest BCUT2D eigenvalue weighted by Crippen LogP contribution is 2.35. The fraction of sp³-hybridized carbons (Fsp3) is 0.492. The first kappa shape index (κ1) is 62.5. The van der Waals surface area contributed by atoms with Crippen molar-refractivity contribution in [2.24, 2.45) is 0 Å². The molecule has 86 heavy (non-hydrogen) atoms. The lowest BCUT2D eigenvalue weighted by atomic mass is 10.0. The van der Waals surface area contributed by atoms with Crippen molar-refractivity contribution in [2.75, 3.05) is 87.0 Å². The van der Waals surface area contributed by atoms with Gasteiger partial charge >= 0.3 is 18.2 Å². The van der Waals surface area contributed by atoms with Gasteiger partial charge in [0.05, 0.1) is 44.5 Å². The maximum Gasteiger partial charge on any atom is 0.410 e. The Balaban J connectivity index is 0.000000206. The zero-order valence-electron chi connectivity index (χ0n) is 51.0. The van der Waals surface area contributed by atoms with Crippen LogP contribution in [0.1, 0.15) is 94.3 Å². The monoisotopic (exact) mass is 1190 g/mol. The summed E-state index contributed by atoms with van der Waals surface area (Å²) in [6.45, 7) is 19.3. The van der Waals surface area contributed by atoms with Crippen LogP contribution in [0.5, 0.6) is 34.5 Å². The molecule has 2 fully saturated rings. The molecule has 0 radical (unpaired) electrons. The summed E-state index contributed by atoms with van der Waals surface area (Å²) in [4.78, 5) is 73.4. The molecule has 2 amide bonds. The van der Waals surface area contributed by atoms with E-state index in [1.165, 1.54) is 20.3 Å².